The zero-order valence-electron chi connectivity index (χ0n) is 7.03. The predicted octanol–water partition coefficient (Wildman–Crippen LogP) is 3.01. The molecule has 0 saturated carbocycles. The molecule has 0 atom stereocenters. The highest BCUT2D eigenvalue weighted by Gasteiger charge is 2.09. The van der Waals surface area contributed by atoms with Gasteiger partial charge in [-0.2, -0.15) is 0 Å². The third kappa shape index (κ3) is 2.49. The quantitative estimate of drug-likeness (QED) is 0.806. The fraction of sp³-hybridized carbons (Fsp3) is 0.125. The lowest BCUT2D eigenvalue weighted by Crippen LogP contribution is -2.08. The van der Waals surface area contributed by atoms with Crippen LogP contribution in [0.25, 0.3) is 0 Å². The van der Waals surface area contributed by atoms with Crippen LogP contribution in [0.5, 0.6) is 5.75 Å². The maximum absolute atomic E-state index is 11.5. The molecule has 1 amide bonds. The second-order valence-electron chi connectivity index (χ2n) is 2.54. The van der Waals surface area contributed by atoms with E-state index in [9.17, 15) is 9.90 Å². The van der Waals surface area contributed by atoms with Gasteiger partial charge < -0.3 is 10.4 Å². The first-order valence-corrected chi connectivity index (χ1v) is 5.93. The number of carbonyl (C=O) groups is 1. The molecule has 1 N–H and O–H groups in total. The Morgan fingerprint density at radius 1 is 1.36 bits per heavy atom. The van der Waals surface area contributed by atoms with Gasteiger partial charge in [0.25, 0.3) is 0 Å². The lowest BCUT2D eigenvalue weighted by molar-refractivity contribution is -0.270. The minimum Gasteiger partial charge on any atom is -0.871 e. The highest BCUT2D eigenvalue weighted by Crippen LogP contribution is 2.41. The molecule has 14 heavy (non-hydrogen) atoms. The van der Waals surface area contributed by atoms with E-state index in [0.29, 0.717) is 19.1 Å². The summed E-state index contributed by atoms with van der Waals surface area (Å²) in [5, 5.41) is 14.0. The highest BCUT2D eigenvalue weighted by molar-refractivity contribution is 9.11. The third-order valence-corrected chi connectivity index (χ3v) is 3.40. The summed E-state index contributed by atoms with van der Waals surface area (Å²) in [5.74, 6) is -0.426. The second-order valence-corrected chi connectivity index (χ2v) is 5.04. The summed E-state index contributed by atoms with van der Waals surface area (Å²) in [4.78, 5) is 10.8. The number of anilines is 1. The predicted molar refractivity (Wildman–Crippen MR) is 63.3 cm³/mol. The molecule has 0 saturated heterocycles. The van der Waals surface area contributed by atoms with E-state index in [-0.39, 0.29) is 11.7 Å². The van der Waals surface area contributed by atoms with Crippen LogP contribution in [-0.2, 0) is 4.79 Å². The van der Waals surface area contributed by atoms with Crippen molar-refractivity contribution in [2.45, 2.75) is 6.92 Å². The Kier molecular flexibility index (Phi) is 3.97. The minimum absolute atomic E-state index is 0.197. The van der Waals surface area contributed by atoms with Crippen molar-refractivity contribution in [1.29, 1.82) is 0 Å². The van der Waals surface area contributed by atoms with Gasteiger partial charge in [0.15, 0.2) is 0 Å². The molecular weight excluding hydrogens is 382 g/mol. The largest absolute Gasteiger partial charge is 0.871 e. The van der Waals surface area contributed by atoms with Crippen molar-refractivity contribution in [3.8, 4) is 5.75 Å². The van der Waals surface area contributed by atoms with E-state index in [1.54, 1.807) is 6.07 Å². The molecule has 1 rings (SSSR count). The Morgan fingerprint density at radius 3 is 2.43 bits per heavy atom. The van der Waals surface area contributed by atoms with E-state index in [0.717, 1.165) is 0 Å². The highest BCUT2D eigenvalue weighted by atomic mass is 79.9. The van der Waals surface area contributed by atoms with Crippen molar-refractivity contribution in [2.24, 2.45) is 0 Å². The fourth-order valence-electron chi connectivity index (χ4n) is 0.863. The maximum Gasteiger partial charge on any atom is 0.221 e. The van der Waals surface area contributed by atoms with E-state index in [4.69, 9.17) is 0 Å². The van der Waals surface area contributed by atoms with Crippen LogP contribution < -0.4 is 10.4 Å². The Hall–Kier alpha value is -0.0700. The zero-order chi connectivity index (χ0) is 10.9. The van der Waals surface area contributed by atoms with Crippen LogP contribution in [-0.4, -0.2) is 5.91 Å². The maximum atomic E-state index is 11.5. The molecule has 0 aliphatic carbocycles. The smallest absolute Gasteiger partial charge is 0.221 e. The van der Waals surface area contributed by atoms with Crippen LogP contribution in [0, 0.1) is 0 Å². The van der Waals surface area contributed by atoms with E-state index >= 15 is 0 Å². The topological polar surface area (TPSA) is 52.2 Å². The van der Waals surface area contributed by atoms with Crippen LogP contribution in [0.1, 0.15) is 6.92 Å². The molecule has 0 aromatic heterocycles. The van der Waals surface area contributed by atoms with Crippen LogP contribution in [0.2, 0.25) is 0 Å². The number of rotatable bonds is 1. The van der Waals surface area contributed by atoms with Crippen molar-refractivity contribution < 1.29 is 9.90 Å². The summed E-state index contributed by atoms with van der Waals surface area (Å²) in [6.07, 6.45) is 0. The Morgan fingerprint density at radius 2 is 1.93 bits per heavy atom. The molecule has 0 heterocycles. The van der Waals surface area contributed by atoms with Crippen LogP contribution >= 0.6 is 47.8 Å². The van der Waals surface area contributed by atoms with E-state index < -0.39 is 0 Å². The standard InChI is InChI=1S/C8H6Br3NO2/c1-3(13)12-7-4(9)2-5(10)8(14)6(7)11/h2,14H,1H3,(H,12,13)/p-1. The van der Waals surface area contributed by atoms with E-state index in [1.165, 1.54) is 6.92 Å². The summed E-state index contributed by atoms with van der Waals surface area (Å²) in [5.41, 5.74) is 0.450. The fourth-order valence-corrected chi connectivity index (χ4v) is 3.18. The van der Waals surface area contributed by atoms with Gasteiger partial charge in [-0.25, -0.2) is 0 Å². The average molecular weight is 387 g/mol. The summed E-state index contributed by atoms with van der Waals surface area (Å²) < 4.78 is 1.41. The molecule has 6 heteroatoms. The molecule has 0 fully saturated rings. The molecule has 1 aromatic rings. The lowest BCUT2D eigenvalue weighted by atomic mass is 10.3. The van der Waals surface area contributed by atoms with Crippen LogP contribution in [0.15, 0.2) is 19.5 Å². The van der Waals surface area contributed by atoms with Gasteiger partial charge in [0.05, 0.1) is 5.69 Å². The van der Waals surface area contributed by atoms with Crippen LogP contribution in [0.3, 0.4) is 0 Å². The minimum atomic E-state index is -0.229. The number of hydrogen-bond donors (Lipinski definition) is 1. The molecule has 0 aliphatic heterocycles. The van der Waals surface area contributed by atoms with E-state index in [2.05, 4.69) is 53.1 Å². The summed E-state index contributed by atoms with van der Waals surface area (Å²) >= 11 is 9.48. The Labute approximate surface area is 106 Å². The van der Waals surface area contributed by atoms with Gasteiger partial charge in [0.2, 0.25) is 5.91 Å². The summed E-state index contributed by atoms with van der Waals surface area (Å²) in [7, 11) is 0. The molecule has 0 radical (unpaired) electrons. The normalized spacial score (nSPS) is 10.0. The van der Waals surface area contributed by atoms with Gasteiger partial charge in [-0.1, -0.05) is 21.7 Å². The molecule has 76 valence electrons. The number of hydrogen-bond acceptors (Lipinski definition) is 2. The third-order valence-electron chi connectivity index (χ3n) is 1.43. The van der Waals surface area contributed by atoms with Gasteiger partial charge in [-0.05, 0) is 37.9 Å². The molecule has 0 spiro atoms. The van der Waals surface area contributed by atoms with E-state index in [1.807, 2.05) is 0 Å². The number of halogens is 3. The van der Waals surface area contributed by atoms with Gasteiger partial charge in [0.1, 0.15) is 0 Å². The first kappa shape index (κ1) is 12.0. The molecule has 0 unspecified atom stereocenters. The molecule has 3 nitrogen and oxygen atoms in total. The van der Waals surface area contributed by atoms with Crippen molar-refractivity contribution in [3.05, 3.63) is 19.5 Å². The molecule has 0 bridgehead atoms. The van der Waals surface area contributed by atoms with Gasteiger partial charge in [-0.15, -0.1) is 0 Å². The number of amides is 1. The first-order chi connectivity index (χ1) is 6.43. The number of nitrogens with one attached hydrogen (secondary N) is 1. The van der Waals surface area contributed by atoms with Gasteiger partial charge in [-0.3, -0.25) is 4.79 Å². The number of carbonyl (C=O) groups excluding carboxylic acids is 1. The monoisotopic (exact) mass is 384 g/mol. The Balaban J connectivity index is 3.29. The van der Waals surface area contributed by atoms with Crippen molar-refractivity contribution in [2.75, 3.05) is 5.32 Å². The first-order valence-electron chi connectivity index (χ1n) is 3.55. The number of benzene rings is 1. The van der Waals surface area contributed by atoms with Crippen LogP contribution in [0.4, 0.5) is 5.69 Å². The molecule has 1 aromatic carbocycles. The Bertz CT molecular complexity index is 393. The summed E-state index contributed by atoms with van der Waals surface area (Å²) in [6, 6.07) is 1.60. The average Bonchev–Trinajstić information content (AvgIpc) is 2.09. The van der Waals surface area contributed by atoms with Gasteiger partial charge in [0, 0.05) is 20.3 Å². The zero-order valence-corrected chi connectivity index (χ0v) is 11.8. The van der Waals surface area contributed by atoms with Crippen molar-refractivity contribution in [3.63, 3.8) is 0 Å². The van der Waals surface area contributed by atoms with Crippen molar-refractivity contribution in [1.82, 2.24) is 0 Å². The van der Waals surface area contributed by atoms with Gasteiger partial charge >= 0.3 is 0 Å². The molecule has 0 aliphatic rings. The SMILES string of the molecule is CC(=O)Nc1c(Br)cc(Br)c([O-])c1Br. The molecular formula is C8H5Br3NO2-. The second kappa shape index (κ2) is 4.63. The van der Waals surface area contributed by atoms with Crippen molar-refractivity contribution >= 4 is 59.4 Å². The summed E-state index contributed by atoms with van der Waals surface area (Å²) in [6.45, 7) is 1.38. The lowest BCUT2D eigenvalue weighted by Gasteiger charge is -2.17.